The van der Waals surface area contributed by atoms with Gasteiger partial charge in [0.1, 0.15) is 5.82 Å². The summed E-state index contributed by atoms with van der Waals surface area (Å²) < 4.78 is 77.6. The maximum Gasteiger partial charge on any atom is 0.262 e. The molecule has 2 aromatic rings. The third-order valence-electron chi connectivity index (χ3n) is 2.44. The van der Waals surface area contributed by atoms with Crippen molar-refractivity contribution in [3.8, 4) is 0 Å². The molecule has 0 unspecified atom stereocenters. The van der Waals surface area contributed by atoms with E-state index in [1.807, 2.05) is 0 Å². The molecular weight excluding hydrogens is 312 g/mol. The van der Waals surface area contributed by atoms with E-state index in [1.165, 1.54) is 0 Å². The molecule has 3 N–H and O–H groups in total. The van der Waals surface area contributed by atoms with E-state index in [0.29, 0.717) is 18.2 Å². The highest BCUT2D eigenvalue weighted by Crippen LogP contribution is 2.22. The predicted octanol–water partition coefficient (Wildman–Crippen LogP) is 2.63. The summed E-state index contributed by atoms with van der Waals surface area (Å²) in [6.07, 6.45) is 0. The Morgan fingerprint density at radius 3 is 2.00 bits per heavy atom. The zero-order chi connectivity index (χ0) is 15.8. The first-order valence-corrected chi connectivity index (χ1v) is 6.91. The van der Waals surface area contributed by atoms with Gasteiger partial charge in [-0.25, -0.2) is 26.0 Å². The number of nitrogen functional groups attached to an aromatic ring is 1. The van der Waals surface area contributed by atoms with Gasteiger partial charge in [0, 0.05) is 17.8 Å². The quantitative estimate of drug-likeness (QED) is 0.519. The van der Waals surface area contributed by atoms with E-state index in [2.05, 4.69) is 0 Å². The van der Waals surface area contributed by atoms with Crippen molar-refractivity contribution in [2.75, 3.05) is 10.5 Å². The summed E-state index contributed by atoms with van der Waals surface area (Å²) in [6, 6.07) is 3.45. The van der Waals surface area contributed by atoms with Gasteiger partial charge in [-0.3, -0.25) is 4.72 Å². The van der Waals surface area contributed by atoms with Crippen molar-refractivity contribution < 1.29 is 26.0 Å². The summed E-state index contributed by atoms with van der Waals surface area (Å²) >= 11 is 0. The molecule has 0 aliphatic rings. The largest absolute Gasteiger partial charge is 0.399 e. The SMILES string of the molecule is Nc1cc(F)cc(S(=O)(=O)Nc2cc(F)c(F)c(F)c2)c1. The first kappa shape index (κ1) is 15.1. The second-order valence-corrected chi connectivity index (χ2v) is 5.76. The van der Waals surface area contributed by atoms with Crippen LogP contribution in [0.15, 0.2) is 35.2 Å². The smallest absolute Gasteiger partial charge is 0.262 e. The standard InChI is InChI=1S/C12H8F4N2O2S/c13-6-1-7(17)3-9(2-6)21(19,20)18-8-4-10(14)12(16)11(15)5-8/h1-5,18H,17H2. The molecule has 0 radical (unpaired) electrons. The molecule has 0 bridgehead atoms. The van der Waals surface area contributed by atoms with Crippen LogP contribution in [0.2, 0.25) is 0 Å². The van der Waals surface area contributed by atoms with E-state index < -0.39 is 43.9 Å². The minimum absolute atomic E-state index is 0.146. The topological polar surface area (TPSA) is 72.2 Å². The van der Waals surface area contributed by atoms with Crippen LogP contribution in [0.1, 0.15) is 0 Å². The van der Waals surface area contributed by atoms with Crippen molar-refractivity contribution in [2.45, 2.75) is 4.90 Å². The van der Waals surface area contributed by atoms with E-state index in [-0.39, 0.29) is 5.69 Å². The summed E-state index contributed by atoms with van der Waals surface area (Å²) in [5, 5.41) is 0. The molecule has 0 fully saturated rings. The lowest BCUT2D eigenvalue weighted by molar-refractivity contribution is 0.448. The van der Waals surface area contributed by atoms with Crippen LogP contribution in [0.25, 0.3) is 0 Å². The number of halogens is 4. The monoisotopic (exact) mass is 320 g/mol. The van der Waals surface area contributed by atoms with Crippen LogP contribution in [0, 0.1) is 23.3 Å². The molecule has 2 aromatic carbocycles. The minimum Gasteiger partial charge on any atom is -0.399 e. The highest BCUT2D eigenvalue weighted by molar-refractivity contribution is 7.92. The van der Waals surface area contributed by atoms with Crippen LogP contribution in [-0.4, -0.2) is 8.42 Å². The Balaban J connectivity index is 2.42. The van der Waals surface area contributed by atoms with Crippen molar-refractivity contribution in [2.24, 2.45) is 0 Å². The number of nitrogens with two attached hydrogens (primary N) is 1. The second-order valence-electron chi connectivity index (χ2n) is 4.08. The third-order valence-corrected chi connectivity index (χ3v) is 3.80. The molecule has 0 saturated heterocycles. The van der Waals surface area contributed by atoms with Gasteiger partial charge in [-0.2, -0.15) is 0 Å². The Kier molecular flexibility index (Phi) is 3.77. The van der Waals surface area contributed by atoms with E-state index in [1.54, 1.807) is 4.72 Å². The molecule has 0 atom stereocenters. The van der Waals surface area contributed by atoms with Gasteiger partial charge >= 0.3 is 0 Å². The van der Waals surface area contributed by atoms with Crippen molar-refractivity contribution in [3.63, 3.8) is 0 Å². The van der Waals surface area contributed by atoms with Crippen molar-refractivity contribution in [3.05, 3.63) is 53.6 Å². The van der Waals surface area contributed by atoms with Gasteiger partial charge in [-0.15, -0.1) is 0 Å². The van der Waals surface area contributed by atoms with E-state index in [4.69, 9.17) is 5.73 Å². The molecule has 112 valence electrons. The number of hydrogen-bond donors (Lipinski definition) is 2. The number of sulfonamides is 1. The molecule has 0 heterocycles. The van der Waals surface area contributed by atoms with Crippen molar-refractivity contribution in [1.29, 1.82) is 0 Å². The maximum absolute atomic E-state index is 13.1. The maximum atomic E-state index is 13.1. The van der Waals surface area contributed by atoms with Crippen molar-refractivity contribution in [1.82, 2.24) is 0 Å². The van der Waals surface area contributed by atoms with Crippen LogP contribution in [-0.2, 0) is 10.0 Å². The van der Waals surface area contributed by atoms with Gasteiger partial charge in [0.05, 0.1) is 10.6 Å². The molecule has 0 amide bonds. The Bertz CT molecular complexity index is 766. The predicted molar refractivity (Wildman–Crippen MR) is 67.9 cm³/mol. The highest BCUT2D eigenvalue weighted by Gasteiger charge is 2.18. The van der Waals surface area contributed by atoms with Gasteiger partial charge in [0.2, 0.25) is 0 Å². The van der Waals surface area contributed by atoms with Crippen LogP contribution in [0.4, 0.5) is 28.9 Å². The molecule has 0 aliphatic heterocycles. The average molecular weight is 320 g/mol. The molecule has 0 saturated carbocycles. The zero-order valence-electron chi connectivity index (χ0n) is 10.2. The molecule has 9 heteroatoms. The van der Waals surface area contributed by atoms with Crippen LogP contribution >= 0.6 is 0 Å². The van der Waals surface area contributed by atoms with Gasteiger partial charge in [0.15, 0.2) is 17.5 Å². The summed E-state index contributed by atoms with van der Waals surface area (Å²) in [7, 11) is -4.33. The van der Waals surface area contributed by atoms with Crippen LogP contribution in [0.3, 0.4) is 0 Å². The highest BCUT2D eigenvalue weighted by atomic mass is 32.2. The number of nitrogens with one attached hydrogen (secondary N) is 1. The zero-order valence-corrected chi connectivity index (χ0v) is 11.0. The molecule has 0 aliphatic carbocycles. The van der Waals surface area contributed by atoms with Crippen LogP contribution < -0.4 is 10.5 Å². The Labute approximate surface area is 117 Å². The van der Waals surface area contributed by atoms with E-state index in [9.17, 15) is 26.0 Å². The molecule has 4 nitrogen and oxygen atoms in total. The fraction of sp³-hybridized carbons (Fsp3) is 0. The minimum atomic E-state index is -4.33. The van der Waals surface area contributed by atoms with Crippen molar-refractivity contribution >= 4 is 21.4 Å². The third kappa shape index (κ3) is 3.24. The number of hydrogen-bond acceptors (Lipinski definition) is 3. The van der Waals surface area contributed by atoms with Gasteiger partial charge in [-0.05, 0) is 18.2 Å². The average Bonchev–Trinajstić information content (AvgIpc) is 2.34. The summed E-state index contributed by atoms with van der Waals surface area (Å²) in [5.74, 6) is -5.75. The lowest BCUT2D eigenvalue weighted by atomic mass is 10.3. The number of benzene rings is 2. The van der Waals surface area contributed by atoms with Crippen LogP contribution in [0.5, 0.6) is 0 Å². The Morgan fingerprint density at radius 2 is 1.48 bits per heavy atom. The number of rotatable bonds is 3. The Hall–Kier alpha value is -2.29. The molecule has 0 aromatic heterocycles. The van der Waals surface area contributed by atoms with Gasteiger partial charge < -0.3 is 5.73 Å². The summed E-state index contributed by atoms with van der Waals surface area (Å²) in [5.41, 5.74) is 4.62. The van der Waals surface area contributed by atoms with E-state index in [0.717, 1.165) is 12.1 Å². The number of anilines is 2. The first-order chi connectivity index (χ1) is 9.69. The second kappa shape index (κ2) is 5.24. The lowest BCUT2D eigenvalue weighted by Gasteiger charge is -2.09. The molecular formula is C12H8F4N2O2S. The summed E-state index contributed by atoms with van der Waals surface area (Å²) in [6.45, 7) is 0. The fourth-order valence-corrected chi connectivity index (χ4v) is 2.67. The van der Waals surface area contributed by atoms with Gasteiger partial charge in [-0.1, -0.05) is 0 Å². The molecule has 2 rings (SSSR count). The summed E-state index contributed by atoms with van der Waals surface area (Å²) in [4.78, 5) is -0.537. The molecule has 21 heavy (non-hydrogen) atoms. The molecule has 0 spiro atoms. The lowest BCUT2D eigenvalue weighted by Crippen LogP contribution is -2.14. The first-order valence-electron chi connectivity index (χ1n) is 5.42. The Morgan fingerprint density at radius 1 is 0.905 bits per heavy atom. The normalized spacial score (nSPS) is 11.4. The fourth-order valence-electron chi connectivity index (χ4n) is 1.57. The van der Waals surface area contributed by atoms with E-state index >= 15 is 0 Å². The van der Waals surface area contributed by atoms with Gasteiger partial charge in [0.25, 0.3) is 10.0 Å².